The lowest BCUT2D eigenvalue weighted by molar-refractivity contribution is -0.131. The number of ether oxygens (including phenoxy) is 1. The molecule has 6 heteroatoms. The predicted molar refractivity (Wildman–Crippen MR) is 80.7 cm³/mol. The Balaban J connectivity index is 1.88. The molecule has 0 saturated carbocycles. The Kier molecular flexibility index (Phi) is 3.62. The topological polar surface area (TPSA) is 78.9 Å². The fourth-order valence-electron chi connectivity index (χ4n) is 3.01. The van der Waals surface area contributed by atoms with Gasteiger partial charge in [-0.2, -0.15) is 0 Å². The molecule has 0 radical (unpaired) electrons. The summed E-state index contributed by atoms with van der Waals surface area (Å²) in [6, 6.07) is 5.12. The third-order valence-corrected chi connectivity index (χ3v) is 3.96. The van der Waals surface area contributed by atoms with Crippen molar-refractivity contribution in [2.45, 2.75) is 18.6 Å². The molecule has 1 saturated heterocycles. The summed E-state index contributed by atoms with van der Waals surface area (Å²) in [7, 11) is 2.01. The Bertz CT molecular complexity index is 656. The number of rotatable bonds is 2. The Morgan fingerprint density at radius 1 is 1.50 bits per heavy atom. The number of hydrogen-bond donors (Lipinski definition) is 2. The van der Waals surface area contributed by atoms with Gasteiger partial charge < -0.3 is 20.1 Å². The van der Waals surface area contributed by atoms with Crippen LogP contribution in [0.2, 0.25) is 0 Å². The molecule has 3 rings (SSSR count). The fourth-order valence-corrected chi connectivity index (χ4v) is 3.01. The maximum Gasteiger partial charge on any atom is 0.328 e. The molecule has 1 aromatic carbocycles. The molecule has 2 aliphatic heterocycles. The molecule has 1 atom stereocenters. The molecular formula is C16H18N2O4. The van der Waals surface area contributed by atoms with E-state index in [1.165, 1.54) is 6.08 Å². The average molecular weight is 302 g/mol. The standard InChI is InChI=1S/C16H18N2O4/c1-18-8-2-7-16(10-18)17-15(21)12-9-11(4-6-14(19)20)3-5-13(12)22-16/h3-6,9H,2,7-8,10H2,1H3,(H,17,21)(H,19,20)/b6-4+. The first-order valence-corrected chi connectivity index (χ1v) is 7.23. The number of likely N-dealkylation sites (N-methyl/N-ethyl adjacent to an activating group) is 1. The lowest BCUT2D eigenvalue weighted by atomic mass is 9.97. The molecule has 116 valence electrons. The van der Waals surface area contributed by atoms with E-state index in [0.717, 1.165) is 25.5 Å². The van der Waals surface area contributed by atoms with Gasteiger partial charge in [0.2, 0.25) is 0 Å². The summed E-state index contributed by atoms with van der Waals surface area (Å²) in [6.45, 7) is 1.64. The number of nitrogens with one attached hydrogen (secondary N) is 1. The molecule has 2 N–H and O–H groups in total. The lowest BCUT2D eigenvalue weighted by Gasteiger charge is -2.44. The SMILES string of the molecule is CN1CCCC2(C1)NC(=O)c1cc(/C=C/C(=O)O)ccc1O2. The molecule has 1 fully saturated rings. The first kappa shape index (κ1) is 14.6. The summed E-state index contributed by atoms with van der Waals surface area (Å²) in [4.78, 5) is 25.1. The van der Waals surface area contributed by atoms with E-state index in [0.29, 0.717) is 23.4 Å². The van der Waals surface area contributed by atoms with E-state index < -0.39 is 11.7 Å². The number of amides is 1. The predicted octanol–water partition coefficient (Wildman–Crippen LogP) is 1.33. The number of fused-ring (bicyclic) bond motifs is 1. The molecule has 1 spiro atoms. The zero-order valence-electron chi connectivity index (χ0n) is 12.3. The molecule has 1 aromatic rings. The molecule has 6 nitrogen and oxygen atoms in total. The van der Waals surface area contributed by atoms with E-state index in [1.807, 2.05) is 7.05 Å². The van der Waals surface area contributed by atoms with Crippen molar-refractivity contribution in [2.24, 2.45) is 0 Å². The van der Waals surface area contributed by atoms with Crippen molar-refractivity contribution in [1.29, 1.82) is 0 Å². The number of carbonyl (C=O) groups excluding carboxylic acids is 1. The van der Waals surface area contributed by atoms with E-state index in [1.54, 1.807) is 18.2 Å². The van der Waals surface area contributed by atoms with Gasteiger partial charge in [-0.3, -0.25) is 4.79 Å². The number of carboxylic acid groups (broad SMARTS) is 1. The van der Waals surface area contributed by atoms with Crippen molar-refractivity contribution in [2.75, 3.05) is 20.1 Å². The van der Waals surface area contributed by atoms with Gasteiger partial charge >= 0.3 is 5.97 Å². The zero-order chi connectivity index (χ0) is 15.7. The summed E-state index contributed by atoms with van der Waals surface area (Å²) < 4.78 is 6.07. The quantitative estimate of drug-likeness (QED) is 0.806. The highest BCUT2D eigenvalue weighted by atomic mass is 16.5. The minimum Gasteiger partial charge on any atom is -0.478 e. The van der Waals surface area contributed by atoms with Crippen molar-refractivity contribution in [3.8, 4) is 5.75 Å². The van der Waals surface area contributed by atoms with Crippen LogP contribution in [-0.4, -0.2) is 47.7 Å². The number of likely N-dealkylation sites (tertiary alicyclic amines) is 1. The molecule has 0 aromatic heterocycles. The Hall–Kier alpha value is -2.34. The molecule has 1 unspecified atom stereocenters. The van der Waals surface area contributed by atoms with Gasteiger partial charge in [0.25, 0.3) is 5.91 Å². The van der Waals surface area contributed by atoms with Crippen LogP contribution in [0, 0.1) is 0 Å². The Morgan fingerprint density at radius 3 is 3.05 bits per heavy atom. The van der Waals surface area contributed by atoms with Crippen molar-refractivity contribution in [1.82, 2.24) is 10.2 Å². The van der Waals surface area contributed by atoms with Crippen molar-refractivity contribution < 1.29 is 19.4 Å². The fraction of sp³-hybridized carbons (Fsp3) is 0.375. The highest BCUT2D eigenvalue weighted by Gasteiger charge is 2.42. The first-order chi connectivity index (χ1) is 10.5. The molecular weight excluding hydrogens is 284 g/mol. The number of carboxylic acids is 1. The number of piperidine rings is 1. The first-order valence-electron chi connectivity index (χ1n) is 7.23. The number of aliphatic carboxylic acids is 1. The third kappa shape index (κ3) is 2.82. The van der Waals surface area contributed by atoms with E-state index in [9.17, 15) is 9.59 Å². The lowest BCUT2D eigenvalue weighted by Crippen LogP contribution is -2.63. The van der Waals surface area contributed by atoms with Crippen molar-refractivity contribution in [3.05, 3.63) is 35.4 Å². The van der Waals surface area contributed by atoms with E-state index >= 15 is 0 Å². The largest absolute Gasteiger partial charge is 0.478 e. The summed E-state index contributed by atoms with van der Waals surface area (Å²) in [5, 5.41) is 11.6. The number of benzene rings is 1. The van der Waals surface area contributed by atoms with E-state index in [4.69, 9.17) is 9.84 Å². The minimum absolute atomic E-state index is 0.179. The van der Waals surface area contributed by atoms with E-state index in [2.05, 4.69) is 10.2 Å². The normalized spacial score (nSPS) is 24.9. The molecule has 2 aliphatic rings. The molecule has 2 heterocycles. The highest BCUT2D eigenvalue weighted by Crippen LogP contribution is 2.33. The van der Waals surface area contributed by atoms with Crippen molar-refractivity contribution in [3.63, 3.8) is 0 Å². The molecule has 0 aliphatic carbocycles. The van der Waals surface area contributed by atoms with Crippen LogP contribution in [0.5, 0.6) is 5.75 Å². The van der Waals surface area contributed by atoms with Crippen LogP contribution in [0.4, 0.5) is 0 Å². The average Bonchev–Trinajstić information content (AvgIpc) is 2.45. The van der Waals surface area contributed by atoms with Gasteiger partial charge in [-0.1, -0.05) is 6.07 Å². The van der Waals surface area contributed by atoms with Crippen LogP contribution in [0.3, 0.4) is 0 Å². The number of nitrogens with zero attached hydrogens (tertiary/aromatic N) is 1. The minimum atomic E-state index is -1.03. The molecule has 1 amide bonds. The van der Waals surface area contributed by atoms with Gasteiger partial charge in [0, 0.05) is 12.5 Å². The van der Waals surface area contributed by atoms with Gasteiger partial charge in [0.1, 0.15) is 5.75 Å². The second-order valence-electron chi connectivity index (χ2n) is 5.82. The van der Waals surface area contributed by atoms with Crippen LogP contribution >= 0.6 is 0 Å². The smallest absolute Gasteiger partial charge is 0.328 e. The Morgan fingerprint density at radius 2 is 2.32 bits per heavy atom. The Labute approximate surface area is 128 Å². The van der Waals surface area contributed by atoms with Crippen LogP contribution in [0.25, 0.3) is 6.08 Å². The van der Waals surface area contributed by atoms with E-state index in [-0.39, 0.29) is 5.91 Å². The van der Waals surface area contributed by atoms with Crippen LogP contribution < -0.4 is 10.1 Å². The third-order valence-electron chi connectivity index (χ3n) is 3.96. The zero-order valence-corrected chi connectivity index (χ0v) is 12.3. The summed E-state index contributed by atoms with van der Waals surface area (Å²) >= 11 is 0. The molecule has 0 bridgehead atoms. The molecule has 22 heavy (non-hydrogen) atoms. The van der Waals surface area contributed by atoms with Crippen LogP contribution in [0.15, 0.2) is 24.3 Å². The summed E-state index contributed by atoms with van der Waals surface area (Å²) in [6.07, 6.45) is 4.24. The monoisotopic (exact) mass is 302 g/mol. The summed E-state index contributed by atoms with van der Waals surface area (Å²) in [5.74, 6) is -0.656. The summed E-state index contributed by atoms with van der Waals surface area (Å²) in [5.41, 5.74) is 0.429. The second kappa shape index (κ2) is 5.46. The highest BCUT2D eigenvalue weighted by molar-refractivity contribution is 5.99. The maximum atomic E-state index is 12.4. The van der Waals surface area contributed by atoms with Gasteiger partial charge in [0.05, 0.1) is 12.1 Å². The number of hydrogen-bond acceptors (Lipinski definition) is 4. The van der Waals surface area contributed by atoms with Gasteiger partial charge in [-0.25, -0.2) is 4.79 Å². The maximum absolute atomic E-state index is 12.4. The van der Waals surface area contributed by atoms with Crippen molar-refractivity contribution >= 4 is 18.0 Å². The van der Waals surface area contributed by atoms with Crippen LogP contribution in [0.1, 0.15) is 28.8 Å². The van der Waals surface area contributed by atoms with Gasteiger partial charge in [-0.15, -0.1) is 0 Å². The number of carbonyl (C=O) groups is 2. The van der Waals surface area contributed by atoms with Crippen LogP contribution in [-0.2, 0) is 4.79 Å². The second-order valence-corrected chi connectivity index (χ2v) is 5.82. The van der Waals surface area contributed by atoms with Gasteiger partial charge in [0.15, 0.2) is 5.72 Å². The van der Waals surface area contributed by atoms with Gasteiger partial charge in [-0.05, 0) is 43.8 Å².